The van der Waals surface area contributed by atoms with Crippen LogP contribution in [0.25, 0.3) is 0 Å². The average molecular weight is 188 g/mol. The SMILES string of the molecule is CC(=O)C1(c2cc(C)cc(C)c2)CC1. The van der Waals surface area contributed by atoms with Crippen LogP contribution in [0, 0.1) is 13.8 Å². The summed E-state index contributed by atoms with van der Waals surface area (Å²) < 4.78 is 0. The molecule has 1 saturated carbocycles. The van der Waals surface area contributed by atoms with Crippen LogP contribution in [0.1, 0.15) is 36.5 Å². The number of carbonyl (C=O) groups excluding carboxylic acids is 1. The zero-order chi connectivity index (χ0) is 10.3. The van der Waals surface area contributed by atoms with Crippen LogP contribution < -0.4 is 0 Å². The van der Waals surface area contributed by atoms with Crippen LogP contribution in [0.2, 0.25) is 0 Å². The van der Waals surface area contributed by atoms with Crippen LogP contribution in [-0.4, -0.2) is 5.78 Å². The molecule has 0 aromatic heterocycles. The van der Waals surface area contributed by atoms with Crippen LogP contribution >= 0.6 is 0 Å². The number of rotatable bonds is 2. The summed E-state index contributed by atoms with van der Waals surface area (Å²) in [6, 6.07) is 6.46. The minimum Gasteiger partial charge on any atom is -0.299 e. The molecule has 0 spiro atoms. The standard InChI is InChI=1S/C13H16O/c1-9-6-10(2)8-12(7-9)13(4-5-13)11(3)14/h6-8H,4-5H2,1-3H3. The zero-order valence-corrected chi connectivity index (χ0v) is 9.05. The monoisotopic (exact) mass is 188 g/mol. The summed E-state index contributed by atoms with van der Waals surface area (Å²) >= 11 is 0. The molecule has 1 aromatic rings. The largest absolute Gasteiger partial charge is 0.299 e. The lowest BCUT2D eigenvalue weighted by atomic mass is 9.90. The second-order valence-corrected chi connectivity index (χ2v) is 4.51. The highest BCUT2D eigenvalue weighted by Gasteiger charge is 2.48. The van der Waals surface area contributed by atoms with Gasteiger partial charge in [0.2, 0.25) is 0 Å². The third kappa shape index (κ3) is 1.37. The predicted molar refractivity (Wildman–Crippen MR) is 57.5 cm³/mol. The van der Waals surface area contributed by atoms with E-state index in [9.17, 15) is 4.79 Å². The highest BCUT2D eigenvalue weighted by molar-refractivity contribution is 5.91. The quantitative estimate of drug-likeness (QED) is 0.697. The van der Waals surface area contributed by atoms with Crippen LogP contribution in [-0.2, 0) is 10.2 Å². The zero-order valence-electron chi connectivity index (χ0n) is 9.05. The molecule has 1 heteroatoms. The average Bonchev–Trinajstić information content (AvgIpc) is 2.81. The van der Waals surface area contributed by atoms with Gasteiger partial charge in [0.05, 0.1) is 5.41 Å². The van der Waals surface area contributed by atoms with Crippen molar-refractivity contribution in [2.45, 2.75) is 39.0 Å². The van der Waals surface area contributed by atoms with E-state index < -0.39 is 0 Å². The Bertz CT molecular complexity index is 366. The van der Waals surface area contributed by atoms with Gasteiger partial charge in [0.25, 0.3) is 0 Å². The summed E-state index contributed by atoms with van der Waals surface area (Å²) in [4.78, 5) is 11.6. The van der Waals surface area contributed by atoms with Crippen molar-refractivity contribution in [1.29, 1.82) is 0 Å². The molecule has 0 amide bonds. The predicted octanol–water partition coefficient (Wildman–Crippen LogP) is 2.92. The van der Waals surface area contributed by atoms with Gasteiger partial charge in [-0.3, -0.25) is 4.79 Å². The van der Waals surface area contributed by atoms with E-state index in [0.29, 0.717) is 5.78 Å². The highest BCUT2D eigenvalue weighted by Crippen LogP contribution is 2.49. The molecule has 1 fully saturated rings. The Morgan fingerprint density at radius 2 is 1.64 bits per heavy atom. The van der Waals surface area contributed by atoms with Gasteiger partial charge >= 0.3 is 0 Å². The fraction of sp³-hybridized carbons (Fsp3) is 0.462. The molecule has 0 N–H and O–H groups in total. The van der Waals surface area contributed by atoms with E-state index >= 15 is 0 Å². The van der Waals surface area contributed by atoms with Crippen molar-refractivity contribution in [2.75, 3.05) is 0 Å². The van der Waals surface area contributed by atoms with Crippen molar-refractivity contribution in [2.24, 2.45) is 0 Å². The smallest absolute Gasteiger partial charge is 0.140 e. The first-order chi connectivity index (χ1) is 6.54. The molecule has 0 heterocycles. The van der Waals surface area contributed by atoms with Gasteiger partial charge in [-0.25, -0.2) is 0 Å². The maximum atomic E-state index is 11.6. The Hall–Kier alpha value is -1.11. The number of benzene rings is 1. The Morgan fingerprint density at radius 1 is 1.14 bits per heavy atom. The molecule has 1 aliphatic rings. The number of Topliss-reactive ketones (excluding diaryl/α,β-unsaturated/α-hetero) is 1. The third-order valence-corrected chi connectivity index (χ3v) is 3.20. The van der Waals surface area contributed by atoms with Gasteiger partial charge in [-0.1, -0.05) is 29.3 Å². The van der Waals surface area contributed by atoms with Crippen LogP contribution in [0.4, 0.5) is 0 Å². The summed E-state index contributed by atoms with van der Waals surface area (Å²) in [7, 11) is 0. The topological polar surface area (TPSA) is 17.1 Å². The van der Waals surface area contributed by atoms with Crippen molar-refractivity contribution in [3.8, 4) is 0 Å². The van der Waals surface area contributed by atoms with Crippen LogP contribution in [0.15, 0.2) is 18.2 Å². The molecule has 0 aliphatic heterocycles. The van der Waals surface area contributed by atoms with Crippen LogP contribution in [0.3, 0.4) is 0 Å². The second-order valence-electron chi connectivity index (χ2n) is 4.51. The molecule has 1 nitrogen and oxygen atoms in total. The van der Waals surface area contributed by atoms with E-state index in [2.05, 4.69) is 32.0 Å². The summed E-state index contributed by atoms with van der Waals surface area (Å²) in [5, 5.41) is 0. The molecule has 0 radical (unpaired) electrons. The Balaban J connectivity index is 2.47. The van der Waals surface area contributed by atoms with Crippen molar-refractivity contribution >= 4 is 5.78 Å². The Kier molecular flexibility index (Phi) is 1.99. The van der Waals surface area contributed by atoms with Gasteiger partial charge in [-0.2, -0.15) is 0 Å². The summed E-state index contributed by atoms with van der Waals surface area (Å²) in [6.07, 6.45) is 2.07. The normalized spacial score (nSPS) is 17.9. The molecular formula is C13H16O. The molecule has 0 atom stereocenters. The van der Waals surface area contributed by atoms with E-state index in [4.69, 9.17) is 0 Å². The molecule has 1 aromatic carbocycles. The van der Waals surface area contributed by atoms with Crippen molar-refractivity contribution in [3.05, 3.63) is 34.9 Å². The van der Waals surface area contributed by atoms with E-state index in [-0.39, 0.29) is 5.41 Å². The lowest BCUT2D eigenvalue weighted by Crippen LogP contribution is -2.17. The van der Waals surface area contributed by atoms with Gasteiger partial charge in [-0.15, -0.1) is 0 Å². The first-order valence-corrected chi connectivity index (χ1v) is 5.14. The maximum absolute atomic E-state index is 11.6. The van der Waals surface area contributed by atoms with E-state index in [1.54, 1.807) is 6.92 Å². The molecule has 2 rings (SSSR count). The van der Waals surface area contributed by atoms with Crippen molar-refractivity contribution < 1.29 is 4.79 Å². The van der Waals surface area contributed by atoms with Crippen molar-refractivity contribution in [1.82, 2.24) is 0 Å². The number of ketones is 1. The molecule has 14 heavy (non-hydrogen) atoms. The fourth-order valence-corrected chi connectivity index (χ4v) is 2.22. The number of carbonyl (C=O) groups is 1. The third-order valence-electron chi connectivity index (χ3n) is 3.20. The molecule has 0 saturated heterocycles. The molecule has 0 bridgehead atoms. The summed E-state index contributed by atoms with van der Waals surface area (Å²) in [6.45, 7) is 5.89. The van der Waals surface area contributed by atoms with E-state index in [1.165, 1.54) is 16.7 Å². The van der Waals surface area contributed by atoms with Gasteiger partial charge in [0.15, 0.2) is 0 Å². The van der Waals surface area contributed by atoms with Crippen molar-refractivity contribution in [3.63, 3.8) is 0 Å². The lowest BCUT2D eigenvalue weighted by molar-refractivity contribution is -0.119. The summed E-state index contributed by atoms with van der Waals surface area (Å²) in [5.41, 5.74) is 3.62. The Morgan fingerprint density at radius 3 is 2.00 bits per heavy atom. The molecule has 74 valence electrons. The molecule has 1 aliphatic carbocycles. The van der Waals surface area contributed by atoms with Gasteiger partial charge in [-0.05, 0) is 39.2 Å². The van der Waals surface area contributed by atoms with E-state index in [1.807, 2.05) is 0 Å². The molecule has 0 unspecified atom stereocenters. The summed E-state index contributed by atoms with van der Waals surface area (Å²) in [5.74, 6) is 0.322. The van der Waals surface area contributed by atoms with Gasteiger partial charge in [0.1, 0.15) is 5.78 Å². The maximum Gasteiger partial charge on any atom is 0.140 e. The van der Waals surface area contributed by atoms with Gasteiger partial charge in [0, 0.05) is 0 Å². The number of hydrogen-bond acceptors (Lipinski definition) is 1. The highest BCUT2D eigenvalue weighted by atomic mass is 16.1. The second kappa shape index (κ2) is 2.94. The van der Waals surface area contributed by atoms with Crippen LogP contribution in [0.5, 0.6) is 0 Å². The molecular weight excluding hydrogens is 172 g/mol. The number of hydrogen-bond donors (Lipinski definition) is 0. The van der Waals surface area contributed by atoms with Gasteiger partial charge < -0.3 is 0 Å². The Labute approximate surface area is 85.1 Å². The lowest BCUT2D eigenvalue weighted by Gasteiger charge is -2.13. The minimum absolute atomic E-state index is 0.114. The van der Waals surface area contributed by atoms with E-state index in [0.717, 1.165) is 12.8 Å². The number of aryl methyl sites for hydroxylation is 2. The minimum atomic E-state index is -0.114. The first-order valence-electron chi connectivity index (χ1n) is 5.14. The first kappa shape index (κ1) is 9.45. The fourth-order valence-electron chi connectivity index (χ4n) is 2.22.